The molecule has 0 spiro atoms. The molecule has 108 valence electrons. The topological polar surface area (TPSA) is 16.1 Å². The molecule has 19 heavy (non-hydrogen) atoms. The van der Waals surface area contributed by atoms with Crippen molar-refractivity contribution in [1.29, 1.82) is 0 Å². The maximum atomic E-state index is 5.97. The minimum absolute atomic E-state index is 0.670. The van der Waals surface area contributed by atoms with Gasteiger partial charge in [0.1, 0.15) is 5.82 Å². The smallest absolute Gasteiger partial charge is 0.142 e. The van der Waals surface area contributed by atoms with Crippen LogP contribution in [0.3, 0.4) is 0 Å². The second kappa shape index (κ2) is 8.11. The predicted molar refractivity (Wildman–Crippen MR) is 88.1 cm³/mol. The summed E-state index contributed by atoms with van der Waals surface area (Å²) in [5.74, 6) is 2.41. The number of rotatable bonds is 7. The third-order valence-electron chi connectivity index (χ3n) is 3.04. The van der Waals surface area contributed by atoms with Gasteiger partial charge in [0.2, 0.25) is 0 Å². The van der Waals surface area contributed by atoms with Crippen molar-refractivity contribution in [2.75, 3.05) is 18.0 Å². The van der Waals surface area contributed by atoms with Crippen LogP contribution < -0.4 is 4.90 Å². The van der Waals surface area contributed by atoms with Gasteiger partial charge in [-0.05, 0) is 46.7 Å². The molecule has 0 fully saturated rings. The number of hydrogen-bond acceptors (Lipinski definition) is 2. The molecule has 0 saturated heterocycles. The maximum Gasteiger partial charge on any atom is 0.142 e. The number of pyridine rings is 1. The summed E-state index contributed by atoms with van der Waals surface area (Å²) in [6.07, 6.45) is 4.07. The highest BCUT2D eigenvalue weighted by Gasteiger charge is 2.13. The molecule has 0 aliphatic carbocycles. The second-order valence-corrected chi connectivity index (χ2v) is 7.10. The molecule has 0 aliphatic rings. The normalized spacial score (nSPS) is 11.4. The third-order valence-corrected chi connectivity index (χ3v) is 3.83. The molecule has 0 aromatic carbocycles. The van der Waals surface area contributed by atoms with E-state index in [9.17, 15) is 0 Å². The Balaban J connectivity index is 2.81. The zero-order valence-electron chi connectivity index (χ0n) is 12.3. The van der Waals surface area contributed by atoms with Gasteiger partial charge in [-0.3, -0.25) is 0 Å². The Labute approximate surface area is 130 Å². The van der Waals surface area contributed by atoms with E-state index < -0.39 is 0 Å². The molecule has 0 atom stereocenters. The van der Waals surface area contributed by atoms with E-state index in [1.54, 1.807) is 6.20 Å². The highest BCUT2D eigenvalue weighted by atomic mass is 79.9. The van der Waals surface area contributed by atoms with Crippen molar-refractivity contribution in [3.63, 3.8) is 0 Å². The molecule has 1 aromatic heterocycles. The SMILES string of the molecule is CC(C)CCN(CCC(C)C)c1ncc(Cl)cc1Br. The van der Waals surface area contributed by atoms with Crippen LogP contribution in [0.25, 0.3) is 0 Å². The number of hydrogen-bond donors (Lipinski definition) is 0. The van der Waals surface area contributed by atoms with Gasteiger partial charge >= 0.3 is 0 Å². The summed E-state index contributed by atoms with van der Waals surface area (Å²) < 4.78 is 0.979. The van der Waals surface area contributed by atoms with Crippen LogP contribution in [0.4, 0.5) is 5.82 Å². The standard InChI is InChI=1S/C15H24BrClN2/c1-11(2)5-7-19(8-6-12(3)4)15-14(16)9-13(17)10-18-15/h9-12H,5-8H2,1-4H3. The van der Waals surface area contributed by atoms with Gasteiger partial charge in [0.05, 0.1) is 9.50 Å². The summed E-state index contributed by atoms with van der Waals surface area (Å²) in [7, 11) is 0. The van der Waals surface area contributed by atoms with Gasteiger partial charge in [-0.1, -0.05) is 39.3 Å². The molecule has 4 heteroatoms. The minimum Gasteiger partial charge on any atom is -0.356 e. The highest BCUT2D eigenvalue weighted by Crippen LogP contribution is 2.27. The van der Waals surface area contributed by atoms with Crippen LogP contribution in [0, 0.1) is 11.8 Å². The Hall–Kier alpha value is -0.280. The molecule has 0 N–H and O–H groups in total. The lowest BCUT2D eigenvalue weighted by atomic mass is 10.1. The van der Waals surface area contributed by atoms with E-state index >= 15 is 0 Å². The van der Waals surface area contributed by atoms with E-state index in [1.165, 1.54) is 12.8 Å². The Bertz CT molecular complexity index is 382. The molecule has 0 saturated carbocycles. The van der Waals surface area contributed by atoms with Crippen molar-refractivity contribution in [2.45, 2.75) is 40.5 Å². The zero-order valence-corrected chi connectivity index (χ0v) is 14.6. The average Bonchev–Trinajstić information content (AvgIpc) is 2.30. The summed E-state index contributed by atoms with van der Waals surface area (Å²) in [5.41, 5.74) is 0. The summed E-state index contributed by atoms with van der Waals surface area (Å²) >= 11 is 9.54. The molecule has 1 aromatic rings. The van der Waals surface area contributed by atoms with Gasteiger partial charge in [-0.15, -0.1) is 0 Å². The van der Waals surface area contributed by atoms with Gasteiger partial charge in [-0.25, -0.2) is 4.98 Å². The molecular formula is C15H24BrClN2. The fourth-order valence-corrected chi connectivity index (χ4v) is 2.68. The average molecular weight is 348 g/mol. The van der Waals surface area contributed by atoms with Crippen LogP contribution in [0.2, 0.25) is 5.02 Å². The molecule has 0 aliphatic heterocycles. The van der Waals surface area contributed by atoms with Crippen molar-refractivity contribution >= 4 is 33.3 Å². The van der Waals surface area contributed by atoms with E-state index in [2.05, 4.69) is 53.5 Å². The van der Waals surface area contributed by atoms with Crippen molar-refractivity contribution < 1.29 is 0 Å². The molecule has 1 rings (SSSR count). The summed E-state index contributed by atoms with van der Waals surface area (Å²) in [6.45, 7) is 11.1. The van der Waals surface area contributed by atoms with Gasteiger partial charge in [0.25, 0.3) is 0 Å². The van der Waals surface area contributed by atoms with Crippen molar-refractivity contribution in [3.05, 3.63) is 21.8 Å². The Morgan fingerprint density at radius 2 is 1.68 bits per heavy atom. The quantitative estimate of drug-likeness (QED) is 0.657. The van der Waals surface area contributed by atoms with Crippen LogP contribution in [0.1, 0.15) is 40.5 Å². The fraction of sp³-hybridized carbons (Fsp3) is 0.667. The number of aromatic nitrogens is 1. The Morgan fingerprint density at radius 1 is 1.16 bits per heavy atom. The number of halogens is 2. The van der Waals surface area contributed by atoms with Crippen LogP contribution in [0.15, 0.2) is 16.7 Å². The molecule has 0 bridgehead atoms. The number of nitrogens with zero attached hydrogens (tertiary/aromatic N) is 2. The predicted octanol–water partition coefficient (Wildman–Crippen LogP) is 5.40. The van der Waals surface area contributed by atoms with E-state index in [1.807, 2.05) is 6.07 Å². The first-order valence-corrected chi connectivity index (χ1v) is 8.13. The monoisotopic (exact) mass is 346 g/mol. The lowest BCUT2D eigenvalue weighted by molar-refractivity contribution is 0.532. The van der Waals surface area contributed by atoms with Crippen molar-refractivity contribution in [3.8, 4) is 0 Å². The van der Waals surface area contributed by atoms with E-state index in [-0.39, 0.29) is 0 Å². The first-order valence-electron chi connectivity index (χ1n) is 6.96. The summed E-state index contributed by atoms with van der Waals surface area (Å²) in [6, 6.07) is 1.92. The largest absolute Gasteiger partial charge is 0.356 e. The molecular weight excluding hydrogens is 324 g/mol. The van der Waals surface area contributed by atoms with Crippen molar-refractivity contribution in [1.82, 2.24) is 4.98 Å². The van der Waals surface area contributed by atoms with E-state index in [0.717, 1.165) is 23.4 Å². The molecule has 2 nitrogen and oxygen atoms in total. The fourth-order valence-electron chi connectivity index (χ4n) is 1.79. The van der Waals surface area contributed by atoms with Crippen LogP contribution >= 0.6 is 27.5 Å². The van der Waals surface area contributed by atoms with E-state index in [0.29, 0.717) is 16.9 Å². The number of anilines is 1. The summed E-state index contributed by atoms with van der Waals surface area (Å²) in [5, 5.41) is 0.670. The van der Waals surface area contributed by atoms with Crippen LogP contribution in [-0.4, -0.2) is 18.1 Å². The Kier molecular flexibility index (Phi) is 7.16. The van der Waals surface area contributed by atoms with Gasteiger partial charge < -0.3 is 4.90 Å². The van der Waals surface area contributed by atoms with Crippen LogP contribution in [0.5, 0.6) is 0 Å². The minimum atomic E-state index is 0.670. The summed E-state index contributed by atoms with van der Waals surface area (Å²) in [4.78, 5) is 6.84. The maximum absolute atomic E-state index is 5.97. The first kappa shape index (κ1) is 16.8. The van der Waals surface area contributed by atoms with Gasteiger partial charge in [0.15, 0.2) is 0 Å². The zero-order chi connectivity index (χ0) is 14.4. The molecule has 0 radical (unpaired) electrons. The first-order chi connectivity index (χ1) is 8.90. The van der Waals surface area contributed by atoms with Gasteiger partial charge in [-0.2, -0.15) is 0 Å². The lowest BCUT2D eigenvalue weighted by Crippen LogP contribution is -2.28. The van der Waals surface area contributed by atoms with Crippen molar-refractivity contribution in [2.24, 2.45) is 11.8 Å². The second-order valence-electron chi connectivity index (χ2n) is 5.81. The third kappa shape index (κ3) is 6.13. The van der Waals surface area contributed by atoms with Gasteiger partial charge in [0, 0.05) is 19.3 Å². The molecule has 0 amide bonds. The lowest BCUT2D eigenvalue weighted by Gasteiger charge is -2.26. The van der Waals surface area contributed by atoms with E-state index in [4.69, 9.17) is 11.6 Å². The Morgan fingerprint density at radius 3 is 2.11 bits per heavy atom. The van der Waals surface area contributed by atoms with Crippen LogP contribution in [-0.2, 0) is 0 Å². The highest BCUT2D eigenvalue weighted by molar-refractivity contribution is 9.10. The molecule has 0 unspecified atom stereocenters. The molecule has 1 heterocycles.